The predicted octanol–water partition coefficient (Wildman–Crippen LogP) is 4.40. The van der Waals surface area contributed by atoms with Gasteiger partial charge in [-0.3, -0.25) is 4.79 Å². The third kappa shape index (κ3) is 3.81. The van der Waals surface area contributed by atoms with Gasteiger partial charge in [-0.1, -0.05) is 18.2 Å². The number of methoxy groups -OCH3 is 2. The fourth-order valence-electron chi connectivity index (χ4n) is 3.13. The van der Waals surface area contributed by atoms with Crippen molar-refractivity contribution in [3.63, 3.8) is 0 Å². The van der Waals surface area contributed by atoms with Crippen LogP contribution >= 0.6 is 0 Å². The van der Waals surface area contributed by atoms with Gasteiger partial charge < -0.3 is 23.7 Å². The van der Waals surface area contributed by atoms with Crippen molar-refractivity contribution in [3.8, 4) is 34.3 Å². The minimum atomic E-state index is -0.701. The fourth-order valence-corrected chi connectivity index (χ4v) is 3.13. The van der Waals surface area contributed by atoms with Gasteiger partial charge in [0.05, 0.1) is 25.2 Å². The molecule has 1 aromatic heterocycles. The molecule has 31 heavy (non-hydrogen) atoms. The molecule has 0 saturated heterocycles. The highest BCUT2D eigenvalue weighted by Gasteiger charge is 2.23. The summed E-state index contributed by atoms with van der Waals surface area (Å²) in [5, 5.41) is 9.77. The molecule has 0 fully saturated rings. The Morgan fingerprint density at radius 2 is 1.55 bits per heavy atom. The molecule has 0 saturated carbocycles. The number of aromatic hydroxyl groups is 1. The Hall–Kier alpha value is -4.26. The molecule has 0 radical (unpaired) electrons. The number of esters is 1. The highest BCUT2D eigenvalue weighted by molar-refractivity contribution is 5.93. The Morgan fingerprint density at radius 3 is 2.19 bits per heavy atom. The normalized spacial score (nSPS) is 10.6. The maximum atomic E-state index is 13.3. The number of hydrogen-bond donors (Lipinski definition) is 1. The molecule has 7 nitrogen and oxygen atoms in total. The lowest BCUT2D eigenvalue weighted by molar-refractivity contribution is 0.0731. The summed E-state index contributed by atoms with van der Waals surface area (Å²) in [6, 6.07) is 17.3. The Balaban J connectivity index is 1.95. The lowest BCUT2D eigenvalue weighted by Crippen LogP contribution is -2.16. The van der Waals surface area contributed by atoms with Crippen LogP contribution in [0.2, 0.25) is 0 Å². The molecule has 1 heterocycles. The molecule has 0 spiro atoms. The van der Waals surface area contributed by atoms with Gasteiger partial charge in [-0.15, -0.1) is 0 Å². The van der Waals surface area contributed by atoms with Crippen LogP contribution in [0.5, 0.6) is 23.0 Å². The van der Waals surface area contributed by atoms with Gasteiger partial charge in [0.15, 0.2) is 17.3 Å². The molecule has 156 valence electrons. The SMILES string of the molecule is COc1cc2oc(-c3ccc(O)cc3)c(OC(=O)c3ccccc3)c(=O)c2cc1OC. The van der Waals surface area contributed by atoms with Gasteiger partial charge in [0.2, 0.25) is 11.2 Å². The standard InChI is InChI=1S/C24H18O7/c1-28-19-12-17-18(13-20(19)29-2)30-22(14-8-10-16(25)11-9-14)23(21(17)26)31-24(27)15-6-4-3-5-7-15/h3-13,25H,1-2H3. The molecule has 4 rings (SSSR count). The summed E-state index contributed by atoms with van der Waals surface area (Å²) in [6.45, 7) is 0. The smallest absolute Gasteiger partial charge is 0.343 e. The Morgan fingerprint density at radius 1 is 0.903 bits per heavy atom. The summed E-state index contributed by atoms with van der Waals surface area (Å²) >= 11 is 0. The molecule has 0 bridgehead atoms. The number of phenols is 1. The number of carbonyl (C=O) groups excluding carboxylic acids is 1. The van der Waals surface area contributed by atoms with Crippen LogP contribution in [0.3, 0.4) is 0 Å². The fraction of sp³-hybridized carbons (Fsp3) is 0.0833. The summed E-state index contributed by atoms with van der Waals surface area (Å²) in [4.78, 5) is 26.0. The molecular formula is C24H18O7. The highest BCUT2D eigenvalue weighted by atomic mass is 16.5. The third-order valence-corrected chi connectivity index (χ3v) is 4.69. The van der Waals surface area contributed by atoms with Crippen molar-refractivity contribution in [3.05, 3.63) is 82.5 Å². The number of rotatable bonds is 5. The first-order valence-electron chi connectivity index (χ1n) is 9.31. The molecule has 7 heteroatoms. The van der Waals surface area contributed by atoms with Crippen molar-refractivity contribution in [1.82, 2.24) is 0 Å². The van der Waals surface area contributed by atoms with E-state index in [-0.39, 0.29) is 33.8 Å². The summed E-state index contributed by atoms with van der Waals surface area (Å²) < 4.78 is 22.1. The van der Waals surface area contributed by atoms with E-state index in [0.717, 1.165) is 0 Å². The number of benzene rings is 3. The number of ether oxygens (including phenoxy) is 3. The molecule has 4 aromatic rings. The molecule has 0 unspecified atom stereocenters. The average molecular weight is 418 g/mol. The van der Waals surface area contributed by atoms with Gasteiger partial charge >= 0.3 is 5.97 Å². The van der Waals surface area contributed by atoms with Crippen molar-refractivity contribution in [2.24, 2.45) is 0 Å². The third-order valence-electron chi connectivity index (χ3n) is 4.69. The van der Waals surface area contributed by atoms with Crippen LogP contribution in [0.4, 0.5) is 0 Å². The maximum Gasteiger partial charge on any atom is 0.343 e. The zero-order valence-electron chi connectivity index (χ0n) is 16.7. The first kappa shape index (κ1) is 20.0. The summed E-state index contributed by atoms with van der Waals surface area (Å²) in [5.41, 5.74) is 0.410. The topological polar surface area (TPSA) is 95.2 Å². The zero-order chi connectivity index (χ0) is 22.0. The second-order valence-electron chi connectivity index (χ2n) is 6.60. The molecule has 3 aromatic carbocycles. The van der Waals surface area contributed by atoms with E-state index >= 15 is 0 Å². The summed E-state index contributed by atoms with van der Waals surface area (Å²) in [6.07, 6.45) is 0. The monoisotopic (exact) mass is 418 g/mol. The molecule has 0 aliphatic rings. The van der Waals surface area contributed by atoms with E-state index < -0.39 is 11.4 Å². The first-order chi connectivity index (χ1) is 15.0. The van der Waals surface area contributed by atoms with Crippen molar-refractivity contribution in [2.45, 2.75) is 0 Å². The van der Waals surface area contributed by atoms with Crippen LogP contribution in [0.25, 0.3) is 22.3 Å². The maximum absolute atomic E-state index is 13.3. The van der Waals surface area contributed by atoms with Gasteiger partial charge in [0.1, 0.15) is 11.3 Å². The minimum Gasteiger partial charge on any atom is -0.508 e. The Bertz CT molecular complexity index is 1310. The molecule has 1 N–H and O–H groups in total. The summed E-state index contributed by atoms with van der Waals surface area (Å²) in [5.74, 6) is -0.161. The lowest BCUT2D eigenvalue weighted by Gasteiger charge is -2.13. The van der Waals surface area contributed by atoms with Gasteiger partial charge in [0, 0.05) is 11.6 Å². The van der Waals surface area contributed by atoms with Crippen LogP contribution in [0.15, 0.2) is 75.9 Å². The van der Waals surface area contributed by atoms with Gasteiger partial charge in [-0.05, 0) is 42.5 Å². The van der Waals surface area contributed by atoms with Crippen LogP contribution in [0, 0.1) is 0 Å². The summed E-state index contributed by atoms with van der Waals surface area (Å²) in [7, 11) is 2.92. The van der Waals surface area contributed by atoms with Gasteiger partial charge in [-0.25, -0.2) is 4.79 Å². The van der Waals surface area contributed by atoms with E-state index in [4.69, 9.17) is 18.6 Å². The van der Waals surface area contributed by atoms with Gasteiger partial charge in [-0.2, -0.15) is 0 Å². The van der Waals surface area contributed by atoms with Crippen molar-refractivity contribution >= 4 is 16.9 Å². The van der Waals surface area contributed by atoms with Crippen molar-refractivity contribution in [1.29, 1.82) is 0 Å². The zero-order valence-corrected chi connectivity index (χ0v) is 16.7. The van der Waals surface area contributed by atoms with E-state index in [9.17, 15) is 14.7 Å². The van der Waals surface area contributed by atoms with E-state index in [1.165, 1.54) is 38.5 Å². The average Bonchev–Trinajstić information content (AvgIpc) is 2.81. The quantitative estimate of drug-likeness (QED) is 0.480. The number of hydrogen-bond acceptors (Lipinski definition) is 7. The Labute approximate surface area is 177 Å². The molecule has 0 aliphatic carbocycles. The van der Waals surface area contributed by atoms with Crippen LogP contribution in [-0.4, -0.2) is 25.3 Å². The van der Waals surface area contributed by atoms with Crippen molar-refractivity contribution < 1.29 is 28.5 Å². The van der Waals surface area contributed by atoms with Crippen LogP contribution in [-0.2, 0) is 0 Å². The number of fused-ring (bicyclic) bond motifs is 1. The van der Waals surface area contributed by atoms with E-state index in [0.29, 0.717) is 17.1 Å². The van der Waals surface area contributed by atoms with Crippen molar-refractivity contribution in [2.75, 3.05) is 14.2 Å². The molecule has 0 atom stereocenters. The van der Waals surface area contributed by atoms with Crippen LogP contribution in [0.1, 0.15) is 10.4 Å². The van der Waals surface area contributed by atoms with E-state index in [1.807, 2.05) is 0 Å². The minimum absolute atomic E-state index is 0.0427. The first-order valence-corrected chi connectivity index (χ1v) is 9.31. The molecular weight excluding hydrogens is 400 g/mol. The molecule has 0 amide bonds. The Kier molecular flexibility index (Phi) is 5.32. The highest BCUT2D eigenvalue weighted by Crippen LogP contribution is 2.36. The lowest BCUT2D eigenvalue weighted by atomic mass is 10.1. The van der Waals surface area contributed by atoms with Gasteiger partial charge in [0.25, 0.3) is 0 Å². The number of phenolic OH excluding ortho intramolecular Hbond substituents is 1. The predicted molar refractivity (Wildman–Crippen MR) is 114 cm³/mol. The second-order valence-corrected chi connectivity index (χ2v) is 6.60. The van der Waals surface area contributed by atoms with Crippen LogP contribution < -0.4 is 19.6 Å². The van der Waals surface area contributed by atoms with E-state index in [2.05, 4.69) is 0 Å². The van der Waals surface area contributed by atoms with E-state index in [1.54, 1.807) is 42.5 Å². The molecule has 0 aliphatic heterocycles. The second kappa shape index (κ2) is 8.23. The number of carbonyl (C=O) groups is 1. The largest absolute Gasteiger partial charge is 0.508 e.